The molecule has 1 aromatic heterocycles. The normalized spacial score (nSPS) is 17.3. The van der Waals surface area contributed by atoms with Crippen molar-refractivity contribution in [1.29, 1.82) is 0 Å². The van der Waals surface area contributed by atoms with Crippen LogP contribution in [0, 0.1) is 0 Å². The summed E-state index contributed by atoms with van der Waals surface area (Å²) in [5.41, 5.74) is 2.10. The van der Waals surface area contributed by atoms with Crippen LogP contribution >= 0.6 is 11.3 Å². The smallest absolute Gasteiger partial charge is 0.414 e. The lowest BCUT2D eigenvalue weighted by atomic mass is 9.87. The summed E-state index contributed by atoms with van der Waals surface area (Å²) >= 11 is 1.56. The molecule has 0 saturated carbocycles. The zero-order valence-corrected chi connectivity index (χ0v) is 16.1. The molecule has 2 aromatic rings. The summed E-state index contributed by atoms with van der Waals surface area (Å²) in [6.07, 6.45) is -0.348. The Balaban J connectivity index is 1.54. The zero-order valence-electron chi connectivity index (χ0n) is 15.3. The second-order valence-electron chi connectivity index (χ2n) is 7.47. The SMILES string of the molecule is CC(C)(C)c1ccc(N2CC(CNC(=O)Cc3cccs3)OC2=O)cc1. The Morgan fingerprint density at radius 1 is 1.27 bits per heavy atom. The largest absolute Gasteiger partial charge is 0.442 e. The van der Waals surface area contributed by atoms with Crippen molar-refractivity contribution in [1.82, 2.24) is 5.32 Å². The maximum absolute atomic E-state index is 12.2. The summed E-state index contributed by atoms with van der Waals surface area (Å²) in [4.78, 5) is 26.8. The van der Waals surface area contributed by atoms with Crippen LogP contribution in [0.15, 0.2) is 41.8 Å². The summed E-state index contributed by atoms with van der Waals surface area (Å²) < 4.78 is 5.39. The topological polar surface area (TPSA) is 58.6 Å². The number of amides is 2. The van der Waals surface area contributed by atoms with Gasteiger partial charge in [-0.2, -0.15) is 0 Å². The van der Waals surface area contributed by atoms with Crippen molar-refractivity contribution in [3.8, 4) is 0 Å². The van der Waals surface area contributed by atoms with Gasteiger partial charge in [0, 0.05) is 10.6 Å². The predicted octanol–water partition coefficient (Wildman–Crippen LogP) is 3.73. The average molecular weight is 372 g/mol. The first-order chi connectivity index (χ1) is 12.3. The lowest BCUT2D eigenvalue weighted by Gasteiger charge is -2.20. The van der Waals surface area contributed by atoms with E-state index in [9.17, 15) is 9.59 Å². The van der Waals surface area contributed by atoms with Crippen LogP contribution in [-0.2, 0) is 21.4 Å². The number of nitrogens with zero attached hydrogens (tertiary/aromatic N) is 1. The van der Waals surface area contributed by atoms with Gasteiger partial charge in [-0.15, -0.1) is 11.3 Å². The molecule has 1 aromatic carbocycles. The Hall–Kier alpha value is -2.34. The Bertz CT molecular complexity index is 763. The summed E-state index contributed by atoms with van der Waals surface area (Å²) in [5, 5.41) is 4.80. The second-order valence-corrected chi connectivity index (χ2v) is 8.51. The highest BCUT2D eigenvalue weighted by Crippen LogP contribution is 2.27. The summed E-state index contributed by atoms with van der Waals surface area (Å²) in [6, 6.07) is 11.8. The summed E-state index contributed by atoms with van der Waals surface area (Å²) in [7, 11) is 0. The molecular weight excluding hydrogens is 348 g/mol. The molecule has 138 valence electrons. The van der Waals surface area contributed by atoms with Crippen molar-refractivity contribution in [3.63, 3.8) is 0 Å². The van der Waals surface area contributed by atoms with Crippen molar-refractivity contribution in [2.75, 3.05) is 18.0 Å². The van der Waals surface area contributed by atoms with E-state index < -0.39 is 0 Å². The molecule has 0 radical (unpaired) electrons. The van der Waals surface area contributed by atoms with Gasteiger partial charge in [0.25, 0.3) is 0 Å². The van der Waals surface area contributed by atoms with E-state index in [1.165, 1.54) is 5.56 Å². The molecule has 0 bridgehead atoms. The number of nitrogens with one attached hydrogen (secondary N) is 1. The molecule has 0 aliphatic carbocycles. The van der Waals surface area contributed by atoms with Crippen LogP contribution < -0.4 is 10.2 Å². The van der Waals surface area contributed by atoms with Gasteiger partial charge in [0.15, 0.2) is 0 Å². The number of carbonyl (C=O) groups excluding carboxylic acids is 2. The molecule has 3 rings (SSSR count). The molecule has 6 heteroatoms. The lowest BCUT2D eigenvalue weighted by molar-refractivity contribution is -0.120. The molecule has 1 unspecified atom stereocenters. The molecule has 0 spiro atoms. The van der Waals surface area contributed by atoms with E-state index in [1.807, 2.05) is 41.8 Å². The molecule has 1 atom stereocenters. The number of anilines is 1. The molecule has 1 N–H and O–H groups in total. The molecule has 26 heavy (non-hydrogen) atoms. The van der Waals surface area contributed by atoms with Crippen molar-refractivity contribution in [2.45, 2.75) is 38.7 Å². The highest BCUT2D eigenvalue weighted by atomic mass is 32.1. The number of benzene rings is 1. The molecule has 2 amide bonds. The Morgan fingerprint density at radius 3 is 2.62 bits per heavy atom. The maximum Gasteiger partial charge on any atom is 0.414 e. The van der Waals surface area contributed by atoms with Gasteiger partial charge in [0.1, 0.15) is 6.10 Å². The van der Waals surface area contributed by atoms with Crippen LogP contribution in [0.4, 0.5) is 10.5 Å². The third-order valence-corrected chi connectivity index (χ3v) is 5.24. The molecule has 2 heterocycles. The summed E-state index contributed by atoms with van der Waals surface area (Å²) in [5.74, 6) is -0.0588. The van der Waals surface area contributed by atoms with Gasteiger partial charge in [0.2, 0.25) is 5.91 Å². The van der Waals surface area contributed by atoms with E-state index in [0.29, 0.717) is 19.5 Å². The minimum absolute atomic E-state index is 0.0588. The number of carbonyl (C=O) groups is 2. The van der Waals surface area contributed by atoms with Crippen LogP contribution in [0.2, 0.25) is 0 Å². The number of rotatable bonds is 5. The highest BCUT2D eigenvalue weighted by molar-refractivity contribution is 7.10. The summed E-state index contributed by atoms with van der Waals surface area (Å²) in [6.45, 7) is 7.22. The van der Waals surface area contributed by atoms with Crippen molar-refractivity contribution >= 4 is 29.0 Å². The van der Waals surface area contributed by atoms with Gasteiger partial charge in [0.05, 0.1) is 19.5 Å². The number of ether oxygens (including phenoxy) is 1. The van der Waals surface area contributed by atoms with Crippen LogP contribution in [0.25, 0.3) is 0 Å². The monoisotopic (exact) mass is 372 g/mol. The van der Waals surface area contributed by atoms with Crippen molar-refractivity contribution in [3.05, 3.63) is 52.2 Å². The molecule has 1 aliphatic rings. The van der Waals surface area contributed by atoms with E-state index in [2.05, 4.69) is 26.1 Å². The lowest BCUT2D eigenvalue weighted by Crippen LogP contribution is -2.35. The maximum atomic E-state index is 12.2. The number of cyclic esters (lactones) is 1. The second kappa shape index (κ2) is 7.50. The fourth-order valence-corrected chi connectivity index (χ4v) is 3.55. The van der Waals surface area contributed by atoms with E-state index >= 15 is 0 Å². The first kappa shape index (κ1) is 18.5. The first-order valence-electron chi connectivity index (χ1n) is 8.71. The Morgan fingerprint density at radius 2 is 2.00 bits per heavy atom. The molecule has 1 fully saturated rings. The van der Waals surface area contributed by atoms with Gasteiger partial charge in [-0.3, -0.25) is 9.69 Å². The number of thiophene rings is 1. The van der Waals surface area contributed by atoms with Crippen molar-refractivity contribution in [2.24, 2.45) is 0 Å². The van der Waals surface area contributed by atoms with Crippen LogP contribution in [0.3, 0.4) is 0 Å². The fraction of sp³-hybridized carbons (Fsp3) is 0.400. The highest BCUT2D eigenvalue weighted by Gasteiger charge is 2.32. The van der Waals surface area contributed by atoms with E-state index in [0.717, 1.165) is 10.6 Å². The van der Waals surface area contributed by atoms with Gasteiger partial charge in [-0.1, -0.05) is 39.0 Å². The predicted molar refractivity (Wildman–Crippen MR) is 104 cm³/mol. The van der Waals surface area contributed by atoms with E-state index in [1.54, 1.807) is 16.2 Å². The molecule has 5 nitrogen and oxygen atoms in total. The van der Waals surface area contributed by atoms with E-state index in [4.69, 9.17) is 4.74 Å². The van der Waals surface area contributed by atoms with Crippen molar-refractivity contribution < 1.29 is 14.3 Å². The number of hydrogen-bond donors (Lipinski definition) is 1. The zero-order chi connectivity index (χ0) is 18.7. The van der Waals surface area contributed by atoms with Gasteiger partial charge in [-0.05, 0) is 34.6 Å². The Kier molecular flexibility index (Phi) is 5.32. The van der Waals surface area contributed by atoms with E-state index in [-0.39, 0.29) is 23.5 Å². The van der Waals surface area contributed by atoms with Gasteiger partial charge < -0.3 is 10.1 Å². The Labute approximate surface area is 158 Å². The van der Waals surface area contributed by atoms with Crippen LogP contribution in [-0.4, -0.2) is 31.2 Å². The van der Waals surface area contributed by atoms with Gasteiger partial charge in [-0.25, -0.2) is 4.79 Å². The first-order valence-corrected chi connectivity index (χ1v) is 9.58. The average Bonchev–Trinajstić information content (AvgIpc) is 3.22. The molecule has 1 saturated heterocycles. The third-order valence-electron chi connectivity index (χ3n) is 4.36. The van der Waals surface area contributed by atoms with Crippen LogP contribution in [0.5, 0.6) is 0 Å². The minimum Gasteiger partial charge on any atom is -0.442 e. The van der Waals surface area contributed by atoms with Crippen LogP contribution in [0.1, 0.15) is 31.2 Å². The standard InChI is InChI=1S/C20H24N2O3S/c1-20(2,3)14-6-8-15(9-7-14)22-13-16(25-19(22)24)12-21-18(23)11-17-5-4-10-26-17/h4-10,16H,11-13H2,1-3H3,(H,21,23). The van der Waals surface area contributed by atoms with Gasteiger partial charge >= 0.3 is 6.09 Å². The minimum atomic E-state index is -0.369. The number of hydrogen-bond acceptors (Lipinski definition) is 4. The molecular formula is C20H24N2O3S. The fourth-order valence-electron chi connectivity index (χ4n) is 2.84. The third kappa shape index (κ3) is 4.43. The quantitative estimate of drug-likeness (QED) is 0.870. The molecule has 1 aliphatic heterocycles.